The number of hydrogen-bond acceptors (Lipinski definition) is 1. The first-order valence-electron chi connectivity index (χ1n) is 6.47. The van der Waals surface area contributed by atoms with E-state index >= 15 is 0 Å². The highest BCUT2D eigenvalue weighted by atomic mass is 16.3. The van der Waals surface area contributed by atoms with Crippen LogP contribution in [0, 0.1) is 17.3 Å². The molecule has 0 aromatic carbocycles. The minimum absolute atomic E-state index is 0.0249. The number of quaternary nitrogens is 2. The van der Waals surface area contributed by atoms with Crippen molar-refractivity contribution in [1.29, 1.82) is 0 Å². The first kappa shape index (κ1) is 10.1. The smallest absolute Gasteiger partial charge is 0.127 e. The minimum atomic E-state index is -0.0249. The summed E-state index contributed by atoms with van der Waals surface area (Å²) in [7, 11) is 0. The van der Waals surface area contributed by atoms with Crippen LogP contribution in [0.25, 0.3) is 0 Å². The second-order valence-electron chi connectivity index (χ2n) is 6.35. The van der Waals surface area contributed by atoms with E-state index < -0.39 is 0 Å². The molecule has 3 heteroatoms. The van der Waals surface area contributed by atoms with E-state index in [9.17, 15) is 5.11 Å². The van der Waals surface area contributed by atoms with Crippen LogP contribution in [0.1, 0.15) is 13.8 Å². The summed E-state index contributed by atoms with van der Waals surface area (Å²) in [5, 5.41) is 10.5. The molecular formula is C12H24N2O+2. The molecule has 4 saturated heterocycles. The van der Waals surface area contributed by atoms with Gasteiger partial charge in [0, 0.05) is 0 Å². The average molecular weight is 212 g/mol. The van der Waals surface area contributed by atoms with Crippen LogP contribution < -0.4 is 9.80 Å². The minimum Gasteiger partial charge on any atom is -0.391 e. The Labute approximate surface area is 92.1 Å². The van der Waals surface area contributed by atoms with E-state index in [1.54, 1.807) is 9.80 Å². The normalized spacial score (nSPS) is 53.6. The molecule has 0 radical (unpaired) electrons. The molecule has 4 heterocycles. The Bertz CT molecular complexity index is 250. The van der Waals surface area contributed by atoms with E-state index in [2.05, 4.69) is 13.8 Å². The molecule has 3 nitrogen and oxygen atoms in total. The molecule has 0 saturated carbocycles. The summed E-state index contributed by atoms with van der Waals surface area (Å²) in [6.45, 7) is 12.1. The van der Waals surface area contributed by atoms with Gasteiger partial charge in [0.25, 0.3) is 0 Å². The Morgan fingerprint density at radius 1 is 1.13 bits per heavy atom. The van der Waals surface area contributed by atoms with Crippen LogP contribution in [-0.4, -0.2) is 50.5 Å². The second-order valence-corrected chi connectivity index (χ2v) is 6.35. The second kappa shape index (κ2) is 3.19. The van der Waals surface area contributed by atoms with Gasteiger partial charge in [-0.15, -0.1) is 0 Å². The molecule has 86 valence electrons. The van der Waals surface area contributed by atoms with Gasteiger partial charge in [-0.2, -0.15) is 0 Å². The molecule has 3 N–H and O–H groups in total. The Kier molecular flexibility index (Phi) is 2.14. The number of hydrogen-bond donors (Lipinski definition) is 3. The molecule has 0 aromatic heterocycles. The summed E-state index contributed by atoms with van der Waals surface area (Å²) in [5.41, 5.74) is 0.225. The van der Waals surface area contributed by atoms with Crippen LogP contribution in [-0.2, 0) is 0 Å². The SMILES string of the molecule is CC(C)C12C[NH+]3CC[NH+](CC(C3)[C@@H]1O)C2. The highest BCUT2D eigenvalue weighted by Gasteiger charge is 2.60. The third-order valence-corrected chi connectivity index (χ3v) is 5.28. The van der Waals surface area contributed by atoms with Gasteiger partial charge in [0.05, 0.1) is 43.6 Å². The van der Waals surface area contributed by atoms with Gasteiger partial charge in [0.15, 0.2) is 0 Å². The fraction of sp³-hybridized carbons (Fsp3) is 1.00. The zero-order chi connectivity index (χ0) is 10.6. The molecule has 0 spiro atoms. The monoisotopic (exact) mass is 212 g/mol. The lowest BCUT2D eigenvalue weighted by Gasteiger charge is -2.50. The van der Waals surface area contributed by atoms with Crippen molar-refractivity contribution in [2.45, 2.75) is 20.0 Å². The third kappa shape index (κ3) is 1.30. The number of nitrogens with one attached hydrogen (secondary N) is 2. The van der Waals surface area contributed by atoms with Gasteiger partial charge >= 0.3 is 0 Å². The standard InChI is InChI=1S/C12H22N2O/c1-9(2)12-7-13-3-4-14(8-12)6-10(5-13)11(12)15/h9-11,15H,3-8H2,1-2H3/p+2/t10?,11-,12?/m0/s1. The first-order valence-corrected chi connectivity index (χ1v) is 6.47. The molecule has 4 rings (SSSR count). The molecule has 4 fully saturated rings. The molecule has 15 heavy (non-hydrogen) atoms. The highest BCUT2D eigenvalue weighted by Crippen LogP contribution is 2.36. The van der Waals surface area contributed by atoms with Crippen molar-refractivity contribution in [3.8, 4) is 0 Å². The van der Waals surface area contributed by atoms with Gasteiger partial charge in [0.2, 0.25) is 0 Å². The largest absolute Gasteiger partial charge is 0.391 e. The third-order valence-electron chi connectivity index (χ3n) is 5.28. The van der Waals surface area contributed by atoms with E-state index in [1.165, 1.54) is 39.3 Å². The van der Waals surface area contributed by atoms with Gasteiger partial charge in [-0.3, -0.25) is 0 Å². The van der Waals surface area contributed by atoms with E-state index in [4.69, 9.17) is 0 Å². The van der Waals surface area contributed by atoms with Crippen LogP contribution in [0.5, 0.6) is 0 Å². The van der Waals surface area contributed by atoms with Crippen molar-refractivity contribution >= 4 is 0 Å². The maximum Gasteiger partial charge on any atom is 0.127 e. The van der Waals surface area contributed by atoms with E-state index in [0.29, 0.717) is 11.8 Å². The predicted octanol–water partition coefficient (Wildman–Crippen LogP) is -2.58. The highest BCUT2D eigenvalue weighted by molar-refractivity contribution is 4.97. The van der Waals surface area contributed by atoms with Crippen LogP contribution in [0.2, 0.25) is 0 Å². The molecule has 4 bridgehead atoms. The summed E-state index contributed by atoms with van der Waals surface area (Å²) in [6, 6.07) is 0. The summed E-state index contributed by atoms with van der Waals surface area (Å²) < 4.78 is 0. The number of aliphatic hydroxyl groups is 1. The predicted molar refractivity (Wildman–Crippen MR) is 57.9 cm³/mol. The zero-order valence-corrected chi connectivity index (χ0v) is 9.92. The van der Waals surface area contributed by atoms with Gasteiger partial charge in [-0.25, -0.2) is 0 Å². The fourth-order valence-electron chi connectivity index (χ4n) is 4.34. The van der Waals surface area contributed by atoms with E-state index in [0.717, 1.165) is 0 Å². The molecule has 0 aliphatic carbocycles. The number of piperidine rings is 2. The summed E-state index contributed by atoms with van der Waals surface area (Å²) >= 11 is 0. The molecule has 4 aliphatic heterocycles. The van der Waals surface area contributed by atoms with Crippen molar-refractivity contribution < 1.29 is 14.9 Å². The zero-order valence-electron chi connectivity index (χ0n) is 9.92. The molecule has 0 aromatic rings. The number of rotatable bonds is 1. The van der Waals surface area contributed by atoms with E-state index in [1.807, 2.05) is 0 Å². The first-order chi connectivity index (χ1) is 7.12. The number of fused-ring (bicyclic) bond motifs is 1. The lowest BCUT2D eigenvalue weighted by atomic mass is 9.64. The lowest BCUT2D eigenvalue weighted by Crippen LogP contribution is -3.17. The van der Waals surface area contributed by atoms with Gasteiger partial charge in [0.1, 0.15) is 13.1 Å². The van der Waals surface area contributed by atoms with Crippen molar-refractivity contribution in [2.24, 2.45) is 17.3 Å². The molecule has 4 aliphatic rings. The quantitative estimate of drug-likeness (QED) is 0.438. The summed E-state index contributed by atoms with van der Waals surface area (Å²) in [6.07, 6.45) is -0.0249. The molecular weight excluding hydrogens is 188 g/mol. The molecule has 3 atom stereocenters. The van der Waals surface area contributed by atoms with Crippen molar-refractivity contribution in [1.82, 2.24) is 0 Å². The average Bonchev–Trinajstić information content (AvgIpc) is 2.41. The lowest BCUT2D eigenvalue weighted by molar-refractivity contribution is -0.918. The van der Waals surface area contributed by atoms with Crippen LogP contribution in [0.15, 0.2) is 0 Å². The molecule has 0 amide bonds. The van der Waals surface area contributed by atoms with E-state index in [-0.39, 0.29) is 11.5 Å². The van der Waals surface area contributed by atoms with Crippen molar-refractivity contribution in [3.05, 3.63) is 0 Å². The Morgan fingerprint density at radius 2 is 1.67 bits per heavy atom. The summed E-state index contributed by atoms with van der Waals surface area (Å²) in [5.74, 6) is 1.20. The van der Waals surface area contributed by atoms with Crippen molar-refractivity contribution in [3.63, 3.8) is 0 Å². The number of aliphatic hydroxyl groups excluding tert-OH is 1. The topological polar surface area (TPSA) is 29.1 Å². The maximum absolute atomic E-state index is 10.5. The van der Waals surface area contributed by atoms with Crippen LogP contribution >= 0.6 is 0 Å². The van der Waals surface area contributed by atoms with Gasteiger partial charge < -0.3 is 14.9 Å². The Morgan fingerprint density at radius 3 is 2.13 bits per heavy atom. The Balaban J connectivity index is 1.99. The van der Waals surface area contributed by atoms with Gasteiger partial charge in [-0.1, -0.05) is 13.8 Å². The van der Waals surface area contributed by atoms with Gasteiger partial charge in [-0.05, 0) is 5.92 Å². The van der Waals surface area contributed by atoms with Crippen molar-refractivity contribution in [2.75, 3.05) is 39.3 Å². The maximum atomic E-state index is 10.5. The fourth-order valence-corrected chi connectivity index (χ4v) is 4.34. The Hall–Kier alpha value is -0.120. The van der Waals surface area contributed by atoms with Crippen LogP contribution in [0.4, 0.5) is 0 Å². The summed E-state index contributed by atoms with van der Waals surface area (Å²) in [4.78, 5) is 3.51. The molecule has 2 unspecified atom stereocenters. The van der Waals surface area contributed by atoms with Crippen LogP contribution in [0.3, 0.4) is 0 Å².